The number of benzene rings is 1. The molecule has 2 aromatic rings. The van der Waals surface area contributed by atoms with E-state index in [9.17, 15) is 4.39 Å². The van der Waals surface area contributed by atoms with Crippen molar-refractivity contribution in [3.05, 3.63) is 40.9 Å². The third-order valence-electron chi connectivity index (χ3n) is 2.70. The summed E-state index contributed by atoms with van der Waals surface area (Å²) in [5, 5.41) is 10.7. The molecule has 0 saturated carbocycles. The van der Waals surface area contributed by atoms with Gasteiger partial charge in [-0.15, -0.1) is 0 Å². The van der Waals surface area contributed by atoms with Crippen LogP contribution in [0.4, 0.5) is 15.8 Å². The molecular weight excluding hydrogens is 299 g/mol. The zero-order chi connectivity index (χ0) is 14.7. The van der Waals surface area contributed by atoms with E-state index >= 15 is 0 Å². The van der Waals surface area contributed by atoms with E-state index < -0.39 is 5.82 Å². The lowest BCUT2D eigenvalue weighted by atomic mass is 10.3. The highest BCUT2D eigenvalue weighted by atomic mass is 35.5. The van der Waals surface area contributed by atoms with Gasteiger partial charge in [0, 0.05) is 18.4 Å². The van der Waals surface area contributed by atoms with Crippen molar-refractivity contribution < 1.29 is 4.39 Å². The molecular formula is C13H14ClFN4S. The molecule has 2 rings (SSSR count). The Labute approximate surface area is 126 Å². The number of rotatable bonds is 3. The molecule has 0 unspecified atom stereocenters. The Morgan fingerprint density at radius 2 is 2.20 bits per heavy atom. The molecule has 4 nitrogen and oxygen atoms in total. The van der Waals surface area contributed by atoms with E-state index in [-0.39, 0.29) is 5.02 Å². The number of hydrogen-bond donors (Lipinski definition) is 2. The van der Waals surface area contributed by atoms with Crippen molar-refractivity contribution in [2.45, 2.75) is 20.4 Å². The van der Waals surface area contributed by atoms with Crippen LogP contribution < -0.4 is 10.6 Å². The molecule has 0 spiro atoms. The number of halogens is 2. The zero-order valence-electron chi connectivity index (χ0n) is 11.1. The maximum absolute atomic E-state index is 13.1. The van der Waals surface area contributed by atoms with Crippen LogP contribution in [0.5, 0.6) is 0 Å². The Bertz CT molecular complexity index is 641. The maximum atomic E-state index is 13.1. The van der Waals surface area contributed by atoms with Crippen molar-refractivity contribution in [1.29, 1.82) is 0 Å². The van der Waals surface area contributed by atoms with Gasteiger partial charge in [-0.3, -0.25) is 4.68 Å². The minimum atomic E-state index is -0.462. The number of aryl methyl sites for hydroxylation is 2. The van der Waals surface area contributed by atoms with E-state index in [1.54, 1.807) is 6.07 Å². The minimum Gasteiger partial charge on any atom is -0.332 e. The second kappa shape index (κ2) is 6.19. The third-order valence-corrected chi connectivity index (χ3v) is 3.19. The van der Waals surface area contributed by atoms with Gasteiger partial charge in [-0.1, -0.05) is 11.6 Å². The maximum Gasteiger partial charge on any atom is 0.175 e. The second-order valence-electron chi connectivity index (χ2n) is 4.19. The summed E-state index contributed by atoms with van der Waals surface area (Å²) in [5.41, 5.74) is 2.31. The second-order valence-corrected chi connectivity index (χ2v) is 5.01. The van der Waals surface area contributed by atoms with Crippen molar-refractivity contribution in [2.75, 3.05) is 10.6 Å². The molecule has 0 fully saturated rings. The fourth-order valence-electron chi connectivity index (χ4n) is 1.66. The minimum absolute atomic E-state index is 0.0489. The van der Waals surface area contributed by atoms with Gasteiger partial charge in [0.1, 0.15) is 5.82 Å². The summed E-state index contributed by atoms with van der Waals surface area (Å²) < 4.78 is 14.9. The first-order valence-corrected chi connectivity index (χ1v) is 6.85. The first-order chi connectivity index (χ1) is 9.49. The lowest BCUT2D eigenvalue weighted by Gasteiger charge is -2.10. The molecule has 1 aromatic heterocycles. The summed E-state index contributed by atoms with van der Waals surface area (Å²) >= 11 is 10.9. The smallest absolute Gasteiger partial charge is 0.175 e. The van der Waals surface area contributed by atoms with Gasteiger partial charge in [0.05, 0.1) is 16.4 Å². The van der Waals surface area contributed by atoms with Gasteiger partial charge in [0.25, 0.3) is 0 Å². The van der Waals surface area contributed by atoms with Crippen LogP contribution >= 0.6 is 23.8 Å². The Morgan fingerprint density at radius 3 is 2.80 bits per heavy atom. The molecule has 0 radical (unpaired) electrons. The first kappa shape index (κ1) is 14.7. The molecule has 0 bridgehead atoms. The Kier molecular flexibility index (Phi) is 4.57. The van der Waals surface area contributed by atoms with Gasteiger partial charge in [0.2, 0.25) is 0 Å². The van der Waals surface area contributed by atoms with Gasteiger partial charge in [-0.25, -0.2) is 4.39 Å². The van der Waals surface area contributed by atoms with Crippen molar-refractivity contribution >= 4 is 40.3 Å². The van der Waals surface area contributed by atoms with E-state index in [2.05, 4.69) is 15.7 Å². The number of nitrogens with zero attached hydrogens (tertiary/aromatic N) is 2. The molecule has 7 heteroatoms. The quantitative estimate of drug-likeness (QED) is 0.846. The highest BCUT2D eigenvalue weighted by Crippen LogP contribution is 2.20. The standard InChI is InChI=1S/C13H14ClFN4S/c1-3-19-7-12(8(2)18-19)17-13(20)16-9-4-5-11(15)10(14)6-9/h4-7H,3H2,1-2H3,(H2,16,17,20). The fraction of sp³-hybridized carbons (Fsp3) is 0.231. The van der Waals surface area contributed by atoms with Gasteiger partial charge >= 0.3 is 0 Å². The molecule has 0 aliphatic rings. The van der Waals surface area contributed by atoms with Crippen molar-refractivity contribution in [3.63, 3.8) is 0 Å². The van der Waals surface area contributed by atoms with Crippen LogP contribution in [0.25, 0.3) is 0 Å². The molecule has 0 atom stereocenters. The van der Waals surface area contributed by atoms with Gasteiger partial charge < -0.3 is 10.6 Å². The SMILES string of the molecule is CCn1cc(NC(=S)Nc2ccc(F)c(Cl)c2)c(C)n1. The summed E-state index contributed by atoms with van der Waals surface area (Å²) in [7, 11) is 0. The number of anilines is 2. The predicted molar refractivity (Wildman–Crippen MR) is 83.9 cm³/mol. The number of hydrogen-bond acceptors (Lipinski definition) is 2. The lowest BCUT2D eigenvalue weighted by molar-refractivity contribution is 0.628. The summed E-state index contributed by atoms with van der Waals surface area (Å²) in [4.78, 5) is 0. The summed E-state index contributed by atoms with van der Waals surface area (Å²) in [6, 6.07) is 4.33. The van der Waals surface area contributed by atoms with E-state index in [0.29, 0.717) is 10.8 Å². The van der Waals surface area contributed by atoms with Crippen molar-refractivity contribution in [2.24, 2.45) is 0 Å². The van der Waals surface area contributed by atoms with Crippen LogP contribution in [0.15, 0.2) is 24.4 Å². The summed E-state index contributed by atoms with van der Waals surface area (Å²) in [6.45, 7) is 4.69. The van der Waals surface area contributed by atoms with Crippen LogP contribution in [-0.4, -0.2) is 14.9 Å². The fourth-order valence-corrected chi connectivity index (χ4v) is 2.07. The molecule has 1 aromatic carbocycles. The highest BCUT2D eigenvalue weighted by molar-refractivity contribution is 7.80. The molecule has 0 aliphatic carbocycles. The summed E-state index contributed by atoms with van der Waals surface area (Å²) in [5.74, 6) is -0.462. The zero-order valence-corrected chi connectivity index (χ0v) is 12.6. The van der Waals surface area contributed by atoms with Crippen molar-refractivity contribution in [1.82, 2.24) is 9.78 Å². The first-order valence-electron chi connectivity index (χ1n) is 6.06. The van der Waals surface area contributed by atoms with Crippen LogP contribution in [0, 0.1) is 12.7 Å². The molecule has 2 N–H and O–H groups in total. The lowest BCUT2D eigenvalue weighted by Crippen LogP contribution is -2.19. The van der Waals surface area contributed by atoms with Gasteiger partial charge in [0.15, 0.2) is 5.11 Å². The highest BCUT2D eigenvalue weighted by Gasteiger charge is 2.07. The van der Waals surface area contributed by atoms with Crippen LogP contribution in [0.1, 0.15) is 12.6 Å². The Hall–Kier alpha value is -1.66. The topological polar surface area (TPSA) is 41.9 Å². The largest absolute Gasteiger partial charge is 0.332 e. The Balaban J connectivity index is 2.04. The Morgan fingerprint density at radius 1 is 1.45 bits per heavy atom. The number of aromatic nitrogens is 2. The molecule has 0 saturated heterocycles. The average Bonchev–Trinajstić information content (AvgIpc) is 2.74. The van der Waals surface area contributed by atoms with E-state index in [1.807, 2.05) is 24.7 Å². The molecule has 106 valence electrons. The monoisotopic (exact) mass is 312 g/mol. The van der Waals surface area contributed by atoms with E-state index in [0.717, 1.165) is 17.9 Å². The molecule has 1 heterocycles. The predicted octanol–water partition coefficient (Wildman–Crippen LogP) is 3.81. The third kappa shape index (κ3) is 3.46. The van der Waals surface area contributed by atoms with Crippen LogP contribution in [-0.2, 0) is 6.54 Å². The van der Waals surface area contributed by atoms with E-state index in [1.165, 1.54) is 12.1 Å². The van der Waals surface area contributed by atoms with Gasteiger partial charge in [-0.2, -0.15) is 5.10 Å². The van der Waals surface area contributed by atoms with Crippen molar-refractivity contribution in [3.8, 4) is 0 Å². The summed E-state index contributed by atoms with van der Waals surface area (Å²) in [6.07, 6.45) is 1.88. The van der Waals surface area contributed by atoms with E-state index in [4.69, 9.17) is 23.8 Å². The van der Waals surface area contributed by atoms with Gasteiger partial charge in [-0.05, 0) is 44.3 Å². The molecule has 0 aliphatic heterocycles. The normalized spacial score (nSPS) is 10.4. The average molecular weight is 313 g/mol. The number of nitrogens with one attached hydrogen (secondary N) is 2. The van der Waals surface area contributed by atoms with Crippen LogP contribution in [0.3, 0.4) is 0 Å². The molecule has 20 heavy (non-hydrogen) atoms. The van der Waals surface area contributed by atoms with Crippen LogP contribution in [0.2, 0.25) is 5.02 Å². The molecule has 0 amide bonds. The number of thiocarbonyl (C=S) groups is 1.